The molecule has 0 saturated carbocycles. The summed E-state index contributed by atoms with van der Waals surface area (Å²) in [7, 11) is 0. The number of hydrogen-bond donors (Lipinski definition) is 3. The van der Waals surface area contributed by atoms with Gasteiger partial charge in [0, 0.05) is 16.8 Å². The summed E-state index contributed by atoms with van der Waals surface area (Å²) in [5.41, 5.74) is 2.92. The highest BCUT2D eigenvalue weighted by Gasteiger charge is 2.14. The highest BCUT2D eigenvalue weighted by Crippen LogP contribution is 2.27. The van der Waals surface area contributed by atoms with Crippen molar-refractivity contribution in [2.45, 2.75) is 12.6 Å². The average molecular weight is 433 g/mol. The molecule has 0 aliphatic carbocycles. The lowest BCUT2D eigenvalue weighted by molar-refractivity contribution is 0.141. The number of alkyl halides is 1. The van der Waals surface area contributed by atoms with Crippen molar-refractivity contribution in [3.05, 3.63) is 58.0 Å². The maximum Gasteiger partial charge on any atom is 0.227 e. The van der Waals surface area contributed by atoms with Gasteiger partial charge in [-0.25, -0.2) is 14.6 Å². The maximum atomic E-state index is 12.2. The van der Waals surface area contributed by atoms with Gasteiger partial charge in [0.05, 0.1) is 35.5 Å². The minimum Gasteiger partial charge on any atom is -0.373 e. The third kappa shape index (κ3) is 4.38. The first kappa shape index (κ1) is 19.7. The summed E-state index contributed by atoms with van der Waals surface area (Å²) in [6.07, 6.45) is 2.86. The zero-order valence-electron chi connectivity index (χ0n) is 15.2. The van der Waals surface area contributed by atoms with E-state index in [2.05, 4.69) is 25.7 Å². The normalized spacial score (nSPS) is 12.4. The number of aromatic nitrogens is 4. The zero-order valence-corrected chi connectivity index (χ0v) is 16.8. The van der Waals surface area contributed by atoms with Crippen LogP contribution in [-0.4, -0.2) is 38.1 Å². The lowest BCUT2D eigenvalue weighted by Crippen LogP contribution is -2.21. The second-order valence-electron chi connectivity index (χ2n) is 6.23. The molecule has 0 spiro atoms. The van der Waals surface area contributed by atoms with Gasteiger partial charge in [0.15, 0.2) is 0 Å². The molecular formula is C19H18ClFN6OS. The second kappa shape index (κ2) is 8.83. The largest absolute Gasteiger partial charge is 0.373 e. The molecule has 0 saturated heterocycles. The maximum absolute atomic E-state index is 12.2. The Balaban J connectivity index is 1.54. The third-order valence-corrected chi connectivity index (χ3v) is 5.51. The van der Waals surface area contributed by atoms with Crippen molar-refractivity contribution in [1.82, 2.24) is 25.1 Å². The van der Waals surface area contributed by atoms with Gasteiger partial charge in [-0.3, -0.25) is 9.71 Å². The van der Waals surface area contributed by atoms with E-state index in [0.29, 0.717) is 29.5 Å². The van der Waals surface area contributed by atoms with E-state index in [-0.39, 0.29) is 0 Å². The fraction of sp³-hybridized carbons (Fsp3) is 0.211. The van der Waals surface area contributed by atoms with Crippen molar-refractivity contribution in [2.24, 2.45) is 0 Å². The Labute approximate surface area is 175 Å². The SMILES string of the molecule is OC(NCCCF)c1cc(-n2ncc3nc(Nc4ccccc4Cl)ncc32)cs1. The van der Waals surface area contributed by atoms with Crippen LogP contribution in [0.1, 0.15) is 17.5 Å². The topological polar surface area (TPSA) is 87.9 Å². The van der Waals surface area contributed by atoms with Crippen LogP contribution in [0.4, 0.5) is 16.0 Å². The molecule has 10 heteroatoms. The van der Waals surface area contributed by atoms with Crippen molar-refractivity contribution in [3.8, 4) is 5.69 Å². The van der Waals surface area contributed by atoms with Gasteiger partial charge in [-0.15, -0.1) is 11.3 Å². The molecule has 0 radical (unpaired) electrons. The summed E-state index contributed by atoms with van der Waals surface area (Å²) in [5, 5.41) is 23.0. The summed E-state index contributed by atoms with van der Waals surface area (Å²) in [4.78, 5) is 9.57. The summed E-state index contributed by atoms with van der Waals surface area (Å²) in [5.74, 6) is 0.420. The Hall–Kier alpha value is -2.59. The van der Waals surface area contributed by atoms with Gasteiger partial charge >= 0.3 is 0 Å². The molecule has 4 rings (SSSR count). The first-order valence-corrected chi connectivity index (χ1v) is 10.2. The summed E-state index contributed by atoms with van der Waals surface area (Å²) in [6, 6.07) is 9.19. The number of halogens is 2. The fourth-order valence-corrected chi connectivity index (χ4v) is 3.78. The van der Waals surface area contributed by atoms with Gasteiger partial charge in [-0.1, -0.05) is 23.7 Å². The first-order valence-electron chi connectivity index (χ1n) is 8.94. The number of nitrogens with zero attached hydrogens (tertiary/aromatic N) is 4. The van der Waals surface area contributed by atoms with Crippen molar-refractivity contribution in [3.63, 3.8) is 0 Å². The van der Waals surface area contributed by atoms with E-state index < -0.39 is 12.9 Å². The number of aliphatic hydroxyl groups excluding tert-OH is 1. The molecule has 0 aliphatic rings. The van der Waals surface area contributed by atoms with E-state index in [1.165, 1.54) is 11.3 Å². The molecule has 0 bridgehead atoms. The van der Waals surface area contributed by atoms with Gasteiger partial charge in [0.1, 0.15) is 17.3 Å². The Morgan fingerprint density at radius 2 is 2.14 bits per heavy atom. The molecule has 7 nitrogen and oxygen atoms in total. The van der Waals surface area contributed by atoms with Crippen LogP contribution in [0.15, 0.2) is 48.1 Å². The van der Waals surface area contributed by atoms with Crippen LogP contribution in [0.25, 0.3) is 16.7 Å². The van der Waals surface area contributed by atoms with Crippen LogP contribution in [0, 0.1) is 0 Å². The van der Waals surface area contributed by atoms with Crippen LogP contribution in [0.3, 0.4) is 0 Å². The van der Waals surface area contributed by atoms with Crippen molar-refractivity contribution in [1.29, 1.82) is 0 Å². The minimum absolute atomic E-state index is 0.362. The van der Waals surface area contributed by atoms with Crippen LogP contribution < -0.4 is 10.6 Å². The molecule has 3 N–H and O–H groups in total. The predicted octanol–water partition coefficient (Wildman–Crippen LogP) is 4.21. The fourth-order valence-electron chi connectivity index (χ4n) is 2.77. The van der Waals surface area contributed by atoms with Crippen LogP contribution in [-0.2, 0) is 0 Å². The first-order chi connectivity index (χ1) is 14.2. The van der Waals surface area contributed by atoms with E-state index >= 15 is 0 Å². The minimum atomic E-state index is -0.843. The average Bonchev–Trinajstić information content (AvgIpc) is 3.36. The Morgan fingerprint density at radius 1 is 1.28 bits per heavy atom. The highest BCUT2D eigenvalue weighted by atomic mass is 35.5. The second-order valence-corrected chi connectivity index (χ2v) is 7.58. The Kier molecular flexibility index (Phi) is 6.00. The number of nitrogens with one attached hydrogen (secondary N) is 2. The number of rotatable bonds is 8. The summed E-state index contributed by atoms with van der Waals surface area (Å²) in [6.45, 7) is -0.00728. The van der Waals surface area contributed by atoms with E-state index in [1.807, 2.05) is 29.6 Å². The lowest BCUT2D eigenvalue weighted by Gasteiger charge is -2.09. The number of thiophene rings is 1. The van der Waals surface area contributed by atoms with Crippen LogP contribution >= 0.6 is 22.9 Å². The van der Waals surface area contributed by atoms with Crippen LogP contribution in [0.2, 0.25) is 5.02 Å². The molecule has 1 aromatic carbocycles. The van der Waals surface area contributed by atoms with Gasteiger partial charge in [0.25, 0.3) is 0 Å². The molecule has 1 atom stereocenters. The van der Waals surface area contributed by atoms with Crippen LogP contribution in [0.5, 0.6) is 0 Å². The number of anilines is 2. The number of aliphatic hydroxyl groups is 1. The molecule has 4 aromatic rings. The molecular weight excluding hydrogens is 415 g/mol. The molecule has 0 fully saturated rings. The monoisotopic (exact) mass is 432 g/mol. The van der Waals surface area contributed by atoms with Gasteiger partial charge in [0.2, 0.25) is 5.95 Å². The highest BCUT2D eigenvalue weighted by molar-refractivity contribution is 7.10. The van der Waals surface area contributed by atoms with Gasteiger partial charge < -0.3 is 10.4 Å². The van der Waals surface area contributed by atoms with Crippen molar-refractivity contribution >= 4 is 45.6 Å². The van der Waals surface area contributed by atoms with Gasteiger partial charge in [-0.05, 0) is 24.6 Å². The Bertz CT molecular complexity index is 1120. The van der Waals surface area contributed by atoms with Gasteiger partial charge in [-0.2, -0.15) is 5.10 Å². The van der Waals surface area contributed by atoms with E-state index in [9.17, 15) is 9.50 Å². The number of para-hydroxylation sites is 1. The van der Waals surface area contributed by atoms with Crippen molar-refractivity contribution in [2.75, 3.05) is 18.5 Å². The molecule has 0 amide bonds. The van der Waals surface area contributed by atoms with Crippen molar-refractivity contribution < 1.29 is 9.50 Å². The quantitative estimate of drug-likeness (QED) is 0.285. The van der Waals surface area contributed by atoms with E-state index in [4.69, 9.17) is 11.6 Å². The molecule has 1 unspecified atom stereocenters. The van der Waals surface area contributed by atoms with E-state index in [0.717, 1.165) is 21.8 Å². The lowest BCUT2D eigenvalue weighted by atomic mass is 10.3. The standard InChI is InChI=1S/C19H18ClFN6OS/c20-13-4-1-2-5-14(13)25-19-23-10-16-15(26-19)9-24-27(16)12-8-17(29-11-12)18(28)22-7-3-6-21/h1-2,4-5,8-11,18,22,28H,3,6-7H2,(H,23,25,26). The predicted molar refractivity (Wildman–Crippen MR) is 113 cm³/mol. The van der Waals surface area contributed by atoms with E-state index in [1.54, 1.807) is 23.1 Å². The molecule has 0 aliphatic heterocycles. The smallest absolute Gasteiger partial charge is 0.227 e. The molecule has 29 heavy (non-hydrogen) atoms. The summed E-state index contributed by atoms with van der Waals surface area (Å²) < 4.78 is 13.9. The molecule has 3 aromatic heterocycles. The summed E-state index contributed by atoms with van der Waals surface area (Å²) >= 11 is 7.56. The molecule has 3 heterocycles. The number of benzene rings is 1. The zero-order chi connectivity index (χ0) is 20.2. The molecule has 150 valence electrons. The Morgan fingerprint density at radius 3 is 2.97 bits per heavy atom. The third-order valence-electron chi connectivity index (χ3n) is 4.21. The number of hydrogen-bond acceptors (Lipinski definition) is 7. The number of fused-ring (bicyclic) bond motifs is 1.